The highest BCUT2D eigenvalue weighted by atomic mass is 16.5. The molecule has 1 aliphatic carbocycles. The number of carbonyl (C=O) groups is 1. The topological polar surface area (TPSA) is 92.9 Å². The number of pyridine rings is 1. The monoisotopic (exact) mass is 375 g/mol. The zero-order valence-corrected chi connectivity index (χ0v) is 15.6. The summed E-state index contributed by atoms with van der Waals surface area (Å²) in [5.41, 5.74) is 4.31. The summed E-state index contributed by atoms with van der Waals surface area (Å²) < 4.78 is 5.47. The van der Waals surface area contributed by atoms with Gasteiger partial charge in [-0.2, -0.15) is 4.98 Å². The summed E-state index contributed by atoms with van der Waals surface area (Å²) in [6.07, 6.45) is 6.41. The number of nitrogens with zero attached hydrogens (tertiary/aromatic N) is 3. The van der Waals surface area contributed by atoms with E-state index in [1.165, 1.54) is 11.1 Å². The van der Waals surface area contributed by atoms with Crippen molar-refractivity contribution in [1.82, 2.24) is 25.8 Å². The van der Waals surface area contributed by atoms with Gasteiger partial charge in [0.25, 0.3) is 5.89 Å². The number of fused-ring (bicyclic) bond motifs is 1. The number of amides is 2. The van der Waals surface area contributed by atoms with Gasteiger partial charge < -0.3 is 15.2 Å². The van der Waals surface area contributed by atoms with Crippen LogP contribution in [0.5, 0.6) is 0 Å². The maximum atomic E-state index is 11.6. The average Bonchev–Trinajstić information content (AvgIpc) is 3.34. The molecule has 1 saturated carbocycles. The van der Waals surface area contributed by atoms with E-state index in [0.29, 0.717) is 17.6 Å². The number of nitrogens with one attached hydrogen (secondary N) is 2. The first-order valence-electron chi connectivity index (χ1n) is 9.60. The summed E-state index contributed by atoms with van der Waals surface area (Å²) in [4.78, 5) is 20.2. The Balaban J connectivity index is 1.44. The summed E-state index contributed by atoms with van der Waals surface area (Å²) in [5, 5.41) is 10.3. The van der Waals surface area contributed by atoms with E-state index in [0.717, 1.165) is 30.4 Å². The molecule has 5 rings (SSSR count). The van der Waals surface area contributed by atoms with Crippen molar-refractivity contribution >= 4 is 6.03 Å². The van der Waals surface area contributed by atoms with Gasteiger partial charge in [0.15, 0.2) is 0 Å². The van der Waals surface area contributed by atoms with Gasteiger partial charge in [0.2, 0.25) is 5.82 Å². The van der Waals surface area contributed by atoms with Crippen molar-refractivity contribution in [2.75, 3.05) is 0 Å². The molecule has 2 amide bonds. The molecule has 7 nitrogen and oxygen atoms in total. The van der Waals surface area contributed by atoms with Crippen molar-refractivity contribution < 1.29 is 9.32 Å². The van der Waals surface area contributed by atoms with E-state index in [2.05, 4.69) is 44.8 Å². The van der Waals surface area contributed by atoms with Gasteiger partial charge in [0, 0.05) is 23.5 Å². The minimum Gasteiger partial charge on any atom is -0.334 e. The summed E-state index contributed by atoms with van der Waals surface area (Å²) >= 11 is 0. The molecule has 1 aromatic carbocycles. The number of urea groups is 1. The molecule has 3 heterocycles. The SMILES string of the molecule is Cc1c(-c2noc(-c3ccncc3)n2)cccc1C1CCC2NC(=O)NC2C1. The van der Waals surface area contributed by atoms with Crippen LogP contribution in [0.15, 0.2) is 47.2 Å². The van der Waals surface area contributed by atoms with Crippen LogP contribution in [0.25, 0.3) is 22.8 Å². The van der Waals surface area contributed by atoms with Crippen molar-refractivity contribution in [3.63, 3.8) is 0 Å². The Morgan fingerprint density at radius 3 is 2.75 bits per heavy atom. The molecule has 142 valence electrons. The Morgan fingerprint density at radius 2 is 1.89 bits per heavy atom. The van der Waals surface area contributed by atoms with Crippen molar-refractivity contribution in [2.45, 2.75) is 44.2 Å². The molecular formula is C21H21N5O2. The Hall–Kier alpha value is -3.22. The maximum absolute atomic E-state index is 11.6. The number of carbonyl (C=O) groups excluding carboxylic acids is 1. The van der Waals surface area contributed by atoms with Crippen LogP contribution >= 0.6 is 0 Å². The lowest BCUT2D eigenvalue weighted by Crippen LogP contribution is -2.39. The number of benzene rings is 1. The maximum Gasteiger partial charge on any atom is 0.315 e. The molecule has 3 aromatic rings. The van der Waals surface area contributed by atoms with E-state index in [4.69, 9.17) is 4.52 Å². The Bertz CT molecular complexity index is 1020. The highest BCUT2D eigenvalue weighted by molar-refractivity contribution is 5.77. The highest BCUT2D eigenvalue weighted by Gasteiger charge is 2.38. The van der Waals surface area contributed by atoms with Crippen LogP contribution in [0.3, 0.4) is 0 Å². The van der Waals surface area contributed by atoms with Crippen molar-refractivity contribution in [2.24, 2.45) is 0 Å². The number of hydrogen-bond acceptors (Lipinski definition) is 5. The highest BCUT2D eigenvalue weighted by Crippen LogP contribution is 2.38. The summed E-state index contributed by atoms with van der Waals surface area (Å²) in [6.45, 7) is 2.12. The molecule has 2 aliphatic rings. The van der Waals surface area contributed by atoms with Gasteiger partial charge in [0.05, 0.1) is 12.1 Å². The van der Waals surface area contributed by atoms with Crippen LogP contribution in [-0.4, -0.2) is 33.2 Å². The van der Waals surface area contributed by atoms with E-state index in [1.54, 1.807) is 12.4 Å². The summed E-state index contributed by atoms with van der Waals surface area (Å²) in [5.74, 6) is 1.49. The number of aromatic nitrogens is 3. The molecule has 3 unspecified atom stereocenters. The van der Waals surface area contributed by atoms with Crippen molar-refractivity contribution in [3.05, 3.63) is 53.9 Å². The zero-order chi connectivity index (χ0) is 19.1. The van der Waals surface area contributed by atoms with Crippen LogP contribution in [-0.2, 0) is 0 Å². The molecule has 3 atom stereocenters. The zero-order valence-electron chi connectivity index (χ0n) is 15.6. The predicted molar refractivity (Wildman–Crippen MR) is 104 cm³/mol. The second kappa shape index (κ2) is 6.74. The quantitative estimate of drug-likeness (QED) is 0.732. The lowest BCUT2D eigenvalue weighted by molar-refractivity contribution is 0.247. The lowest BCUT2D eigenvalue weighted by Gasteiger charge is -2.31. The lowest BCUT2D eigenvalue weighted by atomic mass is 9.77. The van der Waals surface area contributed by atoms with E-state index >= 15 is 0 Å². The predicted octanol–water partition coefficient (Wildman–Crippen LogP) is 3.42. The van der Waals surface area contributed by atoms with Gasteiger partial charge in [-0.05, 0) is 55.4 Å². The fraction of sp³-hybridized carbons (Fsp3) is 0.333. The van der Waals surface area contributed by atoms with Crippen LogP contribution in [0.2, 0.25) is 0 Å². The Labute approximate surface area is 162 Å². The molecule has 0 radical (unpaired) electrons. The Kier molecular flexibility index (Phi) is 4.07. The molecule has 28 heavy (non-hydrogen) atoms. The molecule has 1 aliphatic heterocycles. The standard InChI is InChI=1S/C21H21N5O2/c1-12-15(14-5-6-17-18(11-14)24-21(27)23-17)3-2-4-16(12)19-25-20(28-26-19)13-7-9-22-10-8-13/h2-4,7-10,14,17-18H,5-6,11H2,1H3,(H2,23,24,27). The minimum absolute atomic E-state index is 0.0449. The van der Waals surface area contributed by atoms with Crippen molar-refractivity contribution in [3.8, 4) is 22.8 Å². The Morgan fingerprint density at radius 1 is 1.07 bits per heavy atom. The fourth-order valence-electron chi connectivity index (χ4n) is 4.45. The molecular weight excluding hydrogens is 354 g/mol. The largest absolute Gasteiger partial charge is 0.334 e. The van der Waals surface area contributed by atoms with Gasteiger partial charge in [-0.25, -0.2) is 4.79 Å². The molecule has 1 saturated heterocycles. The molecule has 2 fully saturated rings. The number of hydrogen-bond donors (Lipinski definition) is 2. The van der Waals surface area contributed by atoms with E-state index in [1.807, 2.05) is 18.2 Å². The van der Waals surface area contributed by atoms with E-state index in [9.17, 15) is 4.79 Å². The fourth-order valence-corrected chi connectivity index (χ4v) is 4.45. The van der Waals surface area contributed by atoms with E-state index < -0.39 is 0 Å². The first-order chi connectivity index (χ1) is 13.7. The van der Waals surface area contributed by atoms with Gasteiger partial charge in [0.1, 0.15) is 0 Å². The van der Waals surface area contributed by atoms with Gasteiger partial charge >= 0.3 is 6.03 Å². The average molecular weight is 375 g/mol. The van der Waals surface area contributed by atoms with Crippen LogP contribution < -0.4 is 10.6 Å². The molecule has 2 N–H and O–H groups in total. The van der Waals surface area contributed by atoms with Crippen LogP contribution in [0.1, 0.15) is 36.3 Å². The molecule has 0 bridgehead atoms. The molecule has 2 aromatic heterocycles. The smallest absolute Gasteiger partial charge is 0.315 e. The van der Waals surface area contributed by atoms with E-state index in [-0.39, 0.29) is 18.1 Å². The van der Waals surface area contributed by atoms with Gasteiger partial charge in [-0.15, -0.1) is 0 Å². The summed E-state index contributed by atoms with van der Waals surface area (Å²) in [6, 6.07) is 10.4. The van der Waals surface area contributed by atoms with Crippen LogP contribution in [0, 0.1) is 6.92 Å². The van der Waals surface area contributed by atoms with Gasteiger partial charge in [-0.1, -0.05) is 23.4 Å². The second-order valence-corrected chi connectivity index (χ2v) is 7.52. The number of rotatable bonds is 3. The van der Waals surface area contributed by atoms with Crippen LogP contribution in [0.4, 0.5) is 4.79 Å². The first kappa shape index (κ1) is 16.9. The summed E-state index contributed by atoms with van der Waals surface area (Å²) in [7, 11) is 0. The molecule has 7 heteroatoms. The van der Waals surface area contributed by atoms with Crippen molar-refractivity contribution in [1.29, 1.82) is 0 Å². The first-order valence-corrected chi connectivity index (χ1v) is 9.60. The minimum atomic E-state index is -0.0449. The second-order valence-electron chi connectivity index (χ2n) is 7.52. The molecule has 0 spiro atoms. The third-order valence-corrected chi connectivity index (χ3v) is 5.89. The normalized spacial score (nSPS) is 23.8. The third-order valence-electron chi connectivity index (χ3n) is 5.89. The third kappa shape index (κ3) is 2.93. The van der Waals surface area contributed by atoms with Gasteiger partial charge in [-0.3, -0.25) is 4.98 Å².